The van der Waals surface area contributed by atoms with Crippen molar-refractivity contribution in [3.63, 3.8) is 0 Å². The fourth-order valence-electron chi connectivity index (χ4n) is 2.77. The summed E-state index contributed by atoms with van der Waals surface area (Å²) in [6, 6.07) is 14.3. The highest BCUT2D eigenvalue weighted by Crippen LogP contribution is 2.31. The lowest BCUT2D eigenvalue weighted by atomic mass is 10.1. The molecule has 1 heterocycles. The fourth-order valence-corrected chi connectivity index (χ4v) is 3.82. The van der Waals surface area contributed by atoms with Gasteiger partial charge in [-0.15, -0.1) is 0 Å². The summed E-state index contributed by atoms with van der Waals surface area (Å²) in [6.45, 7) is 1.55. The molecule has 3 rings (SSSR count). The Kier molecular flexibility index (Phi) is 6.89. The zero-order valence-corrected chi connectivity index (χ0v) is 16.3. The molecular weight excluding hydrogens is 380 g/mol. The Labute approximate surface area is 165 Å². The number of amides is 1. The van der Waals surface area contributed by atoms with Crippen LogP contribution >= 0.6 is 0 Å². The number of benzene rings is 2. The third-order valence-electron chi connectivity index (χ3n) is 4.25. The van der Waals surface area contributed by atoms with Gasteiger partial charge in [0.05, 0.1) is 18.1 Å². The Bertz CT molecular complexity index is 900. The summed E-state index contributed by atoms with van der Waals surface area (Å²) in [4.78, 5) is 12.0. The van der Waals surface area contributed by atoms with E-state index in [1.807, 2.05) is 30.3 Å². The van der Waals surface area contributed by atoms with Crippen molar-refractivity contribution in [1.82, 2.24) is 10.0 Å². The molecule has 150 valence electrons. The lowest BCUT2D eigenvalue weighted by Crippen LogP contribution is -2.31. The van der Waals surface area contributed by atoms with Gasteiger partial charge in [0.25, 0.3) is 0 Å². The number of hydrogen-bond acceptors (Lipinski definition) is 5. The minimum Gasteiger partial charge on any atom is -0.490 e. The number of carbonyl (C=O) groups excluding carboxylic acids is 1. The molecule has 2 aromatic carbocycles. The first kappa shape index (κ1) is 20.2. The Morgan fingerprint density at radius 3 is 2.50 bits per heavy atom. The van der Waals surface area contributed by atoms with E-state index in [9.17, 15) is 13.2 Å². The maximum absolute atomic E-state index is 12.4. The van der Waals surface area contributed by atoms with E-state index >= 15 is 0 Å². The number of carbonyl (C=O) groups is 1. The van der Waals surface area contributed by atoms with Crippen LogP contribution in [0.25, 0.3) is 0 Å². The molecule has 2 aromatic rings. The minimum atomic E-state index is -3.73. The van der Waals surface area contributed by atoms with Crippen LogP contribution in [0.15, 0.2) is 53.4 Å². The van der Waals surface area contributed by atoms with Gasteiger partial charge in [0.15, 0.2) is 11.5 Å². The molecule has 7 nitrogen and oxygen atoms in total. The van der Waals surface area contributed by atoms with Crippen LogP contribution < -0.4 is 19.5 Å². The number of ether oxygens (including phenoxy) is 2. The first-order valence-corrected chi connectivity index (χ1v) is 10.7. The lowest BCUT2D eigenvalue weighted by Gasteiger charge is -2.11. The van der Waals surface area contributed by atoms with Crippen LogP contribution in [0.4, 0.5) is 0 Å². The van der Waals surface area contributed by atoms with E-state index in [0.717, 1.165) is 18.4 Å². The van der Waals surface area contributed by atoms with Crippen molar-refractivity contribution in [1.29, 1.82) is 0 Å². The van der Waals surface area contributed by atoms with Crippen molar-refractivity contribution >= 4 is 15.9 Å². The second-order valence-corrected chi connectivity index (χ2v) is 8.16. The van der Waals surface area contributed by atoms with E-state index in [2.05, 4.69) is 10.0 Å². The second kappa shape index (κ2) is 9.57. The molecule has 0 bridgehead atoms. The average Bonchev–Trinajstić information content (AvgIpc) is 2.93. The van der Waals surface area contributed by atoms with E-state index in [4.69, 9.17) is 9.47 Å². The highest BCUT2D eigenvalue weighted by atomic mass is 32.2. The molecular formula is C20H24N2O5S. The number of sulfonamides is 1. The topological polar surface area (TPSA) is 93.7 Å². The van der Waals surface area contributed by atoms with Gasteiger partial charge in [0, 0.05) is 32.0 Å². The zero-order chi connectivity index (χ0) is 19.8. The van der Waals surface area contributed by atoms with Crippen molar-refractivity contribution in [2.45, 2.75) is 24.2 Å². The van der Waals surface area contributed by atoms with Crippen molar-refractivity contribution in [2.75, 3.05) is 26.3 Å². The number of rotatable bonds is 8. The molecule has 2 N–H and O–H groups in total. The van der Waals surface area contributed by atoms with Crippen LogP contribution in [-0.2, 0) is 21.2 Å². The molecule has 1 aliphatic heterocycles. The largest absolute Gasteiger partial charge is 0.490 e. The number of nitrogens with one attached hydrogen (secondary N) is 2. The minimum absolute atomic E-state index is 0.0218. The van der Waals surface area contributed by atoms with Gasteiger partial charge < -0.3 is 14.8 Å². The third-order valence-corrected chi connectivity index (χ3v) is 5.71. The summed E-state index contributed by atoms with van der Waals surface area (Å²) >= 11 is 0. The van der Waals surface area contributed by atoms with Crippen LogP contribution in [0.5, 0.6) is 11.5 Å². The summed E-state index contributed by atoms with van der Waals surface area (Å²) in [5.74, 6) is 0.755. The standard InChI is InChI=1S/C20H24N2O5S/c23-20(21-11-9-16-5-2-1-3-6-16)10-12-22-28(24,25)17-7-8-18-19(15-17)27-14-4-13-26-18/h1-3,5-8,15,22H,4,9-14H2,(H,21,23). The SMILES string of the molecule is O=C(CCNS(=O)(=O)c1ccc2c(c1)OCCCO2)NCCc1ccccc1. The molecule has 0 aromatic heterocycles. The quantitative estimate of drug-likeness (QED) is 0.701. The fraction of sp³-hybridized carbons (Fsp3) is 0.350. The zero-order valence-electron chi connectivity index (χ0n) is 15.5. The Morgan fingerprint density at radius 1 is 0.964 bits per heavy atom. The molecule has 0 aliphatic carbocycles. The van der Waals surface area contributed by atoms with Crippen molar-refractivity contribution in [3.05, 3.63) is 54.1 Å². The van der Waals surface area contributed by atoms with E-state index in [-0.39, 0.29) is 23.8 Å². The van der Waals surface area contributed by atoms with Gasteiger partial charge in [-0.2, -0.15) is 0 Å². The molecule has 0 atom stereocenters. The van der Waals surface area contributed by atoms with E-state index in [1.54, 1.807) is 6.07 Å². The van der Waals surface area contributed by atoms with Gasteiger partial charge in [-0.05, 0) is 24.1 Å². The predicted molar refractivity (Wildman–Crippen MR) is 105 cm³/mol. The molecule has 1 amide bonds. The summed E-state index contributed by atoms with van der Waals surface area (Å²) in [7, 11) is -3.73. The third kappa shape index (κ3) is 5.71. The van der Waals surface area contributed by atoms with Gasteiger partial charge in [0.2, 0.25) is 15.9 Å². The highest BCUT2D eigenvalue weighted by Gasteiger charge is 2.18. The highest BCUT2D eigenvalue weighted by molar-refractivity contribution is 7.89. The van der Waals surface area contributed by atoms with Gasteiger partial charge >= 0.3 is 0 Å². The Hall–Kier alpha value is -2.58. The number of hydrogen-bond donors (Lipinski definition) is 2. The number of fused-ring (bicyclic) bond motifs is 1. The smallest absolute Gasteiger partial charge is 0.240 e. The molecule has 0 radical (unpaired) electrons. The van der Waals surface area contributed by atoms with Gasteiger partial charge in [-0.25, -0.2) is 13.1 Å². The van der Waals surface area contributed by atoms with E-state index < -0.39 is 10.0 Å². The maximum Gasteiger partial charge on any atom is 0.240 e. The Morgan fingerprint density at radius 2 is 1.71 bits per heavy atom. The molecule has 0 spiro atoms. The van der Waals surface area contributed by atoms with Crippen LogP contribution in [0.1, 0.15) is 18.4 Å². The molecule has 8 heteroatoms. The first-order valence-electron chi connectivity index (χ1n) is 9.24. The molecule has 0 saturated carbocycles. The first-order chi connectivity index (χ1) is 13.5. The molecule has 0 saturated heterocycles. The molecule has 1 aliphatic rings. The molecule has 0 unspecified atom stereocenters. The van der Waals surface area contributed by atoms with Gasteiger partial charge in [0.1, 0.15) is 0 Å². The molecule has 0 fully saturated rings. The van der Waals surface area contributed by atoms with Crippen molar-refractivity contribution < 1.29 is 22.7 Å². The van der Waals surface area contributed by atoms with Crippen molar-refractivity contribution in [2.24, 2.45) is 0 Å². The summed E-state index contributed by atoms with van der Waals surface area (Å²) < 4.78 is 38.4. The Balaban J connectivity index is 1.45. The van der Waals surface area contributed by atoms with Crippen LogP contribution in [0.2, 0.25) is 0 Å². The molecule has 28 heavy (non-hydrogen) atoms. The maximum atomic E-state index is 12.4. The monoisotopic (exact) mass is 404 g/mol. The van der Waals surface area contributed by atoms with Gasteiger partial charge in [-0.3, -0.25) is 4.79 Å². The van der Waals surface area contributed by atoms with Gasteiger partial charge in [-0.1, -0.05) is 30.3 Å². The van der Waals surface area contributed by atoms with Crippen molar-refractivity contribution in [3.8, 4) is 11.5 Å². The predicted octanol–water partition coefficient (Wildman–Crippen LogP) is 1.88. The normalized spacial score (nSPS) is 13.6. The van der Waals surface area contributed by atoms with E-state index in [1.165, 1.54) is 12.1 Å². The summed E-state index contributed by atoms with van der Waals surface area (Å²) in [5.41, 5.74) is 1.14. The average molecular weight is 404 g/mol. The summed E-state index contributed by atoms with van der Waals surface area (Å²) in [5, 5.41) is 2.79. The summed E-state index contributed by atoms with van der Waals surface area (Å²) in [6.07, 6.45) is 1.54. The van der Waals surface area contributed by atoms with Crippen LogP contribution in [0.3, 0.4) is 0 Å². The lowest BCUT2D eigenvalue weighted by molar-refractivity contribution is -0.120. The van der Waals surface area contributed by atoms with Crippen LogP contribution in [-0.4, -0.2) is 40.6 Å². The second-order valence-electron chi connectivity index (χ2n) is 6.39. The van der Waals surface area contributed by atoms with E-state index in [0.29, 0.717) is 31.3 Å². The van der Waals surface area contributed by atoms with Crippen LogP contribution in [0, 0.1) is 0 Å².